The van der Waals surface area contributed by atoms with Gasteiger partial charge < -0.3 is 4.57 Å². The molecule has 234 valence electrons. The van der Waals surface area contributed by atoms with E-state index in [2.05, 4.69) is 171 Å². The first kappa shape index (κ1) is 28.4. The molecule has 3 nitrogen and oxygen atoms in total. The molecule has 2 aromatic heterocycles. The summed E-state index contributed by atoms with van der Waals surface area (Å²) in [5.74, 6) is 0.793. The van der Waals surface area contributed by atoms with Gasteiger partial charge in [-0.3, -0.25) is 0 Å². The van der Waals surface area contributed by atoms with Crippen molar-refractivity contribution in [3.05, 3.63) is 151 Å². The van der Waals surface area contributed by atoms with Crippen LogP contribution in [0.1, 0.15) is 25.0 Å². The molecule has 8 aromatic rings. The second-order valence-electron chi connectivity index (χ2n) is 14.6. The Labute approximate surface area is 287 Å². The van der Waals surface area contributed by atoms with Crippen LogP contribution in [-0.2, 0) is 5.41 Å². The third-order valence-electron chi connectivity index (χ3n) is 11.2. The van der Waals surface area contributed by atoms with E-state index in [0.29, 0.717) is 0 Å². The lowest BCUT2D eigenvalue weighted by atomic mass is 9.82. The first-order valence-electron chi connectivity index (χ1n) is 17.2. The molecule has 0 amide bonds. The molecule has 0 fully saturated rings. The Balaban J connectivity index is 1.25. The van der Waals surface area contributed by atoms with Crippen molar-refractivity contribution in [1.82, 2.24) is 14.5 Å². The van der Waals surface area contributed by atoms with Crippen LogP contribution in [0, 0.1) is 0 Å². The molecule has 4 heteroatoms. The van der Waals surface area contributed by atoms with E-state index < -0.39 is 8.07 Å². The fraction of sp³-hybridized carbons (Fsp3) is 0.111. The highest BCUT2D eigenvalue weighted by Crippen LogP contribution is 2.53. The van der Waals surface area contributed by atoms with E-state index in [9.17, 15) is 0 Å². The van der Waals surface area contributed by atoms with E-state index in [0.717, 1.165) is 28.3 Å². The average molecular weight is 646 g/mol. The van der Waals surface area contributed by atoms with Crippen LogP contribution >= 0.6 is 0 Å². The predicted octanol–water partition coefficient (Wildman–Crippen LogP) is 10.0. The summed E-state index contributed by atoms with van der Waals surface area (Å²) in [5, 5.41) is 5.26. The summed E-state index contributed by atoms with van der Waals surface area (Å²) in [7, 11) is -2.06. The Morgan fingerprint density at radius 3 is 2.14 bits per heavy atom. The number of aromatic nitrogens is 3. The Morgan fingerprint density at radius 1 is 0.571 bits per heavy atom. The van der Waals surface area contributed by atoms with Gasteiger partial charge in [-0.05, 0) is 57.3 Å². The van der Waals surface area contributed by atoms with Crippen molar-refractivity contribution in [2.45, 2.75) is 32.4 Å². The summed E-state index contributed by atoms with van der Waals surface area (Å²) in [4.78, 5) is 10.7. The minimum Gasteiger partial charge on any atom is -0.309 e. The largest absolute Gasteiger partial charge is 0.309 e. The zero-order valence-corrected chi connectivity index (χ0v) is 29.1. The molecule has 0 spiro atoms. The van der Waals surface area contributed by atoms with Gasteiger partial charge in [-0.2, -0.15) is 0 Å². The first-order valence-corrected chi connectivity index (χ1v) is 20.2. The number of rotatable bonds is 3. The molecule has 0 radical (unpaired) electrons. The maximum Gasteiger partial charge on any atom is 0.159 e. The fourth-order valence-corrected chi connectivity index (χ4v) is 11.7. The standard InChI is InChI=1S/C45H35N3Si/c1-45(2)34-22-11-8-19-31(34)39-35(45)25-26-37-40(39)32-20-9-12-23-36(32)48(37)30-18-14-17-29(27-30)42-41-33-21-10-13-24-38(33)49(3,4)44(41)47-43(46-42)28-15-6-5-7-16-28/h5-27H,1-4H3. The van der Waals surface area contributed by atoms with Crippen molar-refractivity contribution >= 4 is 40.4 Å². The van der Waals surface area contributed by atoms with E-state index in [-0.39, 0.29) is 5.41 Å². The van der Waals surface area contributed by atoms with Crippen molar-refractivity contribution in [2.75, 3.05) is 0 Å². The van der Waals surface area contributed by atoms with E-state index in [1.165, 1.54) is 65.7 Å². The molecule has 2 aliphatic rings. The maximum atomic E-state index is 5.39. The SMILES string of the molecule is CC1(C)c2ccccc2-c2c1ccc1c2c2ccccc2n1-c1cccc(-c2nc(-c3ccccc3)nc3c2-c2ccccc2[Si]3(C)C)c1. The summed E-state index contributed by atoms with van der Waals surface area (Å²) in [6.07, 6.45) is 0. The monoisotopic (exact) mass is 645 g/mol. The van der Waals surface area contributed by atoms with Crippen LogP contribution in [0.2, 0.25) is 13.1 Å². The summed E-state index contributed by atoms with van der Waals surface area (Å²) in [6.45, 7) is 9.57. The molecule has 0 unspecified atom stereocenters. The molecule has 0 bridgehead atoms. The van der Waals surface area contributed by atoms with Crippen molar-refractivity contribution in [3.63, 3.8) is 0 Å². The maximum absolute atomic E-state index is 5.39. The summed E-state index contributed by atoms with van der Waals surface area (Å²) < 4.78 is 2.45. The first-order chi connectivity index (χ1) is 23.8. The van der Waals surface area contributed by atoms with Gasteiger partial charge in [-0.1, -0.05) is 142 Å². The zero-order chi connectivity index (χ0) is 33.1. The number of nitrogens with zero attached hydrogens (tertiary/aromatic N) is 3. The molecule has 6 aromatic carbocycles. The summed E-state index contributed by atoms with van der Waals surface area (Å²) in [5.41, 5.74) is 14.7. The van der Waals surface area contributed by atoms with Crippen LogP contribution < -0.4 is 10.5 Å². The second-order valence-corrected chi connectivity index (χ2v) is 18.9. The molecular weight excluding hydrogens is 611 g/mol. The van der Waals surface area contributed by atoms with Gasteiger partial charge in [0.05, 0.1) is 16.7 Å². The highest BCUT2D eigenvalue weighted by atomic mass is 28.3. The van der Waals surface area contributed by atoms with E-state index in [4.69, 9.17) is 9.97 Å². The highest BCUT2D eigenvalue weighted by molar-refractivity contribution is 7.03. The fourth-order valence-electron chi connectivity index (χ4n) is 8.79. The summed E-state index contributed by atoms with van der Waals surface area (Å²) >= 11 is 0. The van der Waals surface area contributed by atoms with Crippen LogP contribution in [-0.4, -0.2) is 22.6 Å². The van der Waals surface area contributed by atoms with Gasteiger partial charge in [0.2, 0.25) is 0 Å². The van der Waals surface area contributed by atoms with Crippen molar-refractivity contribution in [1.29, 1.82) is 0 Å². The number of hydrogen-bond donors (Lipinski definition) is 0. The van der Waals surface area contributed by atoms with Gasteiger partial charge >= 0.3 is 0 Å². The molecule has 0 atom stereocenters. The lowest BCUT2D eigenvalue weighted by molar-refractivity contribution is 0.661. The zero-order valence-electron chi connectivity index (χ0n) is 28.1. The molecular formula is C45H35N3Si. The van der Waals surface area contributed by atoms with Crippen LogP contribution in [0.5, 0.6) is 0 Å². The average Bonchev–Trinajstić information content (AvgIpc) is 3.69. The van der Waals surface area contributed by atoms with Gasteiger partial charge in [-0.25, -0.2) is 9.97 Å². The molecule has 1 aliphatic heterocycles. The van der Waals surface area contributed by atoms with Crippen molar-refractivity contribution in [3.8, 4) is 50.6 Å². The van der Waals surface area contributed by atoms with E-state index in [1.807, 2.05) is 0 Å². The molecule has 0 saturated carbocycles. The van der Waals surface area contributed by atoms with E-state index in [1.54, 1.807) is 0 Å². The van der Waals surface area contributed by atoms with Crippen molar-refractivity contribution in [2.24, 2.45) is 0 Å². The quantitative estimate of drug-likeness (QED) is 0.179. The third-order valence-corrected chi connectivity index (χ3v) is 14.5. The minimum atomic E-state index is -2.06. The van der Waals surface area contributed by atoms with Gasteiger partial charge in [-0.15, -0.1) is 0 Å². The van der Waals surface area contributed by atoms with Crippen LogP contribution in [0.15, 0.2) is 140 Å². The smallest absolute Gasteiger partial charge is 0.159 e. The minimum absolute atomic E-state index is 0.0551. The van der Waals surface area contributed by atoms with Crippen LogP contribution in [0.4, 0.5) is 0 Å². The Bertz CT molecular complexity index is 2660. The molecule has 0 saturated heterocycles. The number of fused-ring (bicyclic) bond motifs is 10. The topological polar surface area (TPSA) is 30.7 Å². The molecule has 1 aliphatic carbocycles. The lowest BCUT2D eigenvalue weighted by Crippen LogP contribution is -2.50. The third kappa shape index (κ3) is 3.83. The van der Waals surface area contributed by atoms with Crippen LogP contribution in [0.3, 0.4) is 0 Å². The van der Waals surface area contributed by atoms with Gasteiger partial charge in [0.15, 0.2) is 5.82 Å². The highest BCUT2D eigenvalue weighted by Gasteiger charge is 2.42. The van der Waals surface area contributed by atoms with Crippen molar-refractivity contribution < 1.29 is 0 Å². The Morgan fingerprint density at radius 2 is 1.29 bits per heavy atom. The number of benzene rings is 6. The lowest BCUT2D eigenvalue weighted by Gasteiger charge is -2.21. The normalized spacial score (nSPS) is 14.9. The molecule has 10 rings (SSSR count). The molecule has 3 heterocycles. The second kappa shape index (κ2) is 9.97. The molecule has 49 heavy (non-hydrogen) atoms. The summed E-state index contributed by atoms with van der Waals surface area (Å²) in [6, 6.07) is 50.9. The van der Waals surface area contributed by atoms with Gasteiger partial charge in [0.1, 0.15) is 8.07 Å². The van der Waals surface area contributed by atoms with Crippen LogP contribution in [0.25, 0.3) is 72.4 Å². The van der Waals surface area contributed by atoms with Gasteiger partial charge in [0.25, 0.3) is 0 Å². The number of para-hydroxylation sites is 1. The van der Waals surface area contributed by atoms with Gasteiger partial charge in [0, 0.05) is 43.9 Å². The number of hydrogen-bond acceptors (Lipinski definition) is 2. The van der Waals surface area contributed by atoms with E-state index >= 15 is 0 Å². The Hall–Kier alpha value is -5.58. The predicted molar refractivity (Wildman–Crippen MR) is 207 cm³/mol. The molecule has 0 N–H and O–H groups in total. The Kier molecular flexibility index (Phi) is 5.79.